The Bertz CT molecular complexity index is 830. The molecule has 0 aliphatic heterocycles. The Morgan fingerprint density at radius 3 is 2.68 bits per heavy atom. The Balaban J connectivity index is 1.61. The standard InChI is InChI=1S/C24H33N/c1-13-8-21-19-7-6-17-11-22-18(9-15(3)25-22)10-20(17)23(19)14(2)12-24(21,5)16(13)4/h9-11,13-14,16,19,21,23,25H,6-8,12H2,1-5H3/t13?,14?,16?,19?,21?,23?,24-/m1/s1. The summed E-state index contributed by atoms with van der Waals surface area (Å²) in [6.07, 6.45) is 5.58. The molecule has 0 radical (unpaired) electrons. The molecule has 2 aromatic rings. The minimum atomic E-state index is 0.576. The summed E-state index contributed by atoms with van der Waals surface area (Å²) < 4.78 is 0. The predicted octanol–water partition coefficient (Wildman–Crippen LogP) is 6.46. The Hall–Kier alpha value is -1.24. The summed E-state index contributed by atoms with van der Waals surface area (Å²) in [7, 11) is 0. The molecule has 1 heteroatoms. The molecule has 1 aromatic carbocycles. The third kappa shape index (κ3) is 2.07. The fourth-order valence-electron chi connectivity index (χ4n) is 7.51. The van der Waals surface area contributed by atoms with Crippen LogP contribution in [0.1, 0.15) is 69.7 Å². The molecule has 0 spiro atoms. The maximum atomic E-state index is 3.55. The first-order chi connectivity index (χ1) is 11.9. The largest absolute Gasteiger partial charge is 0.359 e. The summed E-state index contributed by atoms with van der Waals surface area (Å²) in [4.78, 5) is 3.55. The molecule has 2 fully saturated rings. The van der Waals surface area contributed by atoms with Gasteiger partial charge in [0.2, 0.25) is 0 Å². The number of aromatic amines is 1. The van der Waals surface area contributed by atoms with Crippen molar-refractivity contribution in [3.63, 3.8) is 0 Å². The number of rotatable bonds is 0. The number of H-pyrrole nitrogens is 1. The summed E-state index contributed by atoms with van der Waals surface area (Å²) >= 11 is 0. The van der Waals surface area contributed by atoms with Crippen LogP contribution in [0.4, 0.5) is 0 Å². The van der Waals surface area contributed by atoms with E-state index < -0.39 is 0 Å². The molecular weight excluding hydrogens is 302 g/mol. The molecule has 1 nitrogen and oxygen atoms in total. The number of benzene rings is 1. The molecule has 6 unspecified atom stereocenters. The van der Waals surface area contributed by atoms with E-state index in [0.717, 1.165) is 35.5 Å². The van der Waals surface area contributed by atoms with Gasteiger partial charge in [-0.15, -0.1) is 0 Å². The molecule has 3 aliphatic carbocycles. The molecule has 1 aromatic heterocycles. The summed E-state index contributed by atoms with van der Waals surface area (Å²) in [5.74, 6) is 5.24. The molecule has 7 atom stereocenters. The third-order valence-corrected chi connectivity index (χ3v) is 8.84. The van der Waals surface area contributed by atoms with E-state index in [1.54, 1.807) is 11.1 Å². The van der Waals surface area contributed by atoms with Gasteiger partial charge in [-0.25, -0.2) is 0 Å². The van der Waals surface area contributed by atoms with Crippen LogP contribution >= 0.6 is 0 Å². The van der Waals surface area contributed by atoms with Crippen molar-refractivity contribution in [2.24, 2.45) is 35.0 Å². The molecule has 0 saturated heterocycles. The number of fused-ring (bicyclic) bond motifs is 6. The average molecular weight is 336 g/mol. The number of hydrogen-bond donors (Lipinski definition) is 1. The lowest BCUT2D eigenvalue weighted by molar-refractivity contribution is -0.000207. The van der Waals surface area contributed by atoms with Crippen molar-refractivity contribution in [2.75, 3.05) is 0 Å². The summed E-state index contributed by atoms with van der Waals surface area (Å²) in [5.41, 5.74) is 6.53. The Morgan fingerprint density at radius 2 is 1.88 bits per heavy atom. The molecule has 0 amide bonds. The predicted molar refractivity (Wildman–Crippen MR) is 106 cm³/mol. The molecule has 25 heavy (non-hydrogen) atoms. The number of aryl methyl sites for hydroxylation is 2. The minimum absolute atomic E-state index is 0.576. The first kappa shape index (κ1) is 16.0. The maximum absolute atomic E-state index is 3.55. The molecule has 0 bridgehead atoms. The molecule has 1 heterocycles. The van der Waals surface area contributed by atoms with Crippen molar-refractivity contribution in [1.29, 1.82) is 0 Å². The lowest BCUT2D eigenvalue weighted by Crippen LogP contribution is -2.45. The molecular formula is C24H33N. The molecule has 134 valence electrons. The van der Waals surface area contributed by atoms with Crippen molar-refractivity contribution < 1.29 is 0 Å². The summed E-state index contributed by atoms with van der Waals surface area (Å²) in [6.45, 7) is 12.4. The fourth-order valence-corrected chi connectivity index (χ4v) is 7.51. The summed E-state index contributed by atoms with van der Waals surface area (Å²) in [6, 6.07) is 7.34. The van der Waals surface area contributed by atoms with Gasteiger partial charge in [-0.05, 0) is 108 Å². The zero-order chi connectivity index (χ0) is 17.5. The zero-order valence-electron chi connectivity index (χ0n) is 16.5. The molecule has 3 aliphatic rings. The van der Waals surface area contributed by atoms with Gasteiger partial charge < -0.3 is 4.98 Å². The van der Waals surface area contributed by atoms with Gasteiger partial charge in [-0.1, -0.05) is 27.7 Å². The highest BCUT2D eigenvalue weighted by molar-refractivity contribution is 5.82. The lowest BCUT2D eigenvalue weighted by atomic mass is 9.51. The van der Waals surface area contributed by atoms with Gasteiger partial charge in [0.1, 0.15) is 0 Å². The van der Waals surface area contributed by atoms with Gasteiger partial charge in [0.15, 0.2) is 0 Å². The van der Waals surface area contributed by atoms with Crippen LogP contribution < -0.4 is 0 Å². The average Bonchev–Trinajstić information content (AvgIpc) is 3.03. The summed E-state index contributed by atoms with van der Waals surface area (Å²) in [5, 5.41) is 1.42. The lowest BCUT2D eigenvalue weighted by Gasteiger charge is -2.53. The van der Waals surface area contributed by atoms with E-state index in [2.05, 4.69) is 57.8 Å². The Morgan fingerprint density at radius 1 is 1.08 bits per heavy atom. The van der Waals surface area contributed by atoms with Gasteiger partial charge in [-0.3, -0.25) is 0 Å². The number of hydrogen-bond acceptors (Lipinski definition) is 0. The van der Waals surface area contributed by atoms with Gasteiger partial charge in [0.25, 0.3) is 0 Å². The van der Waals surface area contributed by atoms with E-state index in [1.807, 2.05) is 0 Å². The monoisotopic (exact) mass is 335 g/mol. The van der Waals surface area contributed by atoms with E-state index in [0.29, 0.717) is 5.41 Å². The second kappa shape index (κ2) is 5.15. The van der Waals surface area contributed by atoms with Gasteiger partial charge in [0, 0.05) is 11.2 Å². The van der Waals surface area contributed by atoms with Crippen LogP contribution in [0, 0.1) is 41.9 Å². The smallest absolute Gasteiger partial charge is 0.0458 e. The van der Waals surface area contributed by atoms with Crippen molar-refractivity contribution in [1.82, 2.24) is 4.98 Å². The quantitative estimate of drug-likeness (QED) is 0.568. The van der Waals surface area contributed by atoms with Crippen LogP contribution in [0.5, 0.6) is 0 Å². The Kier molecular flexibility index (Phi) is 3.29. The van der Waals surface area contributed by atoms with Crippen molar-refractivity contribution in [3.05, 3.63) is 35.0 Å². The zero-order valence-corrected chi connectivity index (χ0v) is 16.5. The highest BCUT2D eigenvalue weighted by atomic mass is 14.7. The molecule has 1 N–H and O–H groups in total. The van der Waals surface area contributed by atoms with Gasteiger partial charge >= 0.3 is 0 Å². The van der Waals surface area contributed by atoms with E-state index in [1.165, 1.54) is 42.3 Å². The fraction of sp³-hybridized carbons (Fsp3) is 0.667. The second-order valence-corrected chi connectivity index (χ2v) is 10.1. The second-order valence-electron chi connectivity index (χ2n) is 10.1. The van der Waals surface area contributed by atoms with Crippen LogP contribution in [0.15, 0.2) is 18.2 Å². The minimum Gasteiger partial charge on any atom is -0.359 e. The highest BCUT2D eigenvalue weighted by Crippen LogP contribution is 2.65. The molecule has 5 rings (SSSR count). The maximum Gasteiger partial charge on any atom is 0.0458 e. The Labute approximate surface area is 152 Å². The van der Waals surface area contributed by atoms with Crippen LogP contribution in [-0.4, -0.2) is 4.98 Å². The normalized spacial score (nSPS) is 42.9. The molecule has 2 saturated carbocycles. The van der Waals surface area contributed by atoms with Crippen LogP contribution in [0.2, 0.25) is 0 Å². The first-order valence-electron chi connectivity index (χ1n) is 10.5. The first-order valence-corrected chi connectivity index (χ1v) is 10.5. The van der Waals surface area contributed by atoms with Gasteiger partial charge in [-0.2, -0.15) is 0 Å². The van der Waals surface area contributed by atoms with Crippen molar-refractivity contribution in [2.45, 2.75) is 66.2 Å². The van der Waals surface area contributed by atoms with E-state index in [9.17, 15) is 0 Å². The topological polar surface area (TPSA) is 15.8 Å². The highest BCUT2D eigenvalue weighted by Gasteiger charge is 2.57. The van der Waals surface area contributed by atoms with Crippen LogP contribution in [0.3, 0.4) is 0 Å². The number of nitrogens with one attached hydrogen (secondary N) is 1. The van der Waals surface area contributed by atoms with Crippen LogP contribution in [0.25, 0.3) is 10.9 Å². The van der Waals surface area contributed by atoms with Crippen molar-refractivity contribution in [3.8, 4) is 0 Å². The van der Waals surface area contributed by atoms with E-state index in [-0.39, 0.29) is 0 Å². The van der Waals surface area contributed by atoms with Crippen molar-refractivity contribution >= 4 is 10.9 Å². The SMILES string of the molecule is Cc1cc2cc3c(cc2[nH]1)CCC1C3C(C)C[C@]2(C)C(C)C(C)CC12. The van der Waals surface area contributed by atoms with E-state index in [4.69, 9.17) is 0 Å². The number of aromatic nitrogens is 1. The van der Waals surface area contributed by atoms with E-state index >= 15 is 0 Å². The van der Waals surface area contributed by atoms with Gasteiger partial charge in [0.05, 0.1) is 0 Å². The van der Waals surface area contributed by atoms with Crippen LogP contribution in [-0.2, 0) is 6.42 Å². The third-order valence-electron chi connectivity index (χ3n) is 8.84.